The zero-order valence-electron chi connectivity index (χ0n) is 11.6. The number of thioether (sulfide) groups is 1. The summed E-state index contributed by atoms with van der Waals surface area (Å²) in [4.78, 5) is 4.60. The summed E-state index contributed by atoms with van der Waals surface area (Å²) >= 11 is 1.92. The summed E-state index contributed by atoms with van der Waals surface area (Å²) in [6.07, 6.45) is 2.36. The third-order valence-electron chi connectivity index (χ3n) is 2.89. The van der Waals surface area contributed by atoms with Crippen LogP contribution in [-0.2, 0) is 0 Å². The van der Waals surface area contributed by atoms with E-state index in [0.29, 0.717) is 10.7 Å². The van der Waals surface area contributed by atoms with Crippen LogP contribution in [0.3, 0.4) is 0 Å². The molecule has 94 valence electrons. The highest BCUT2D eigenvalue weighted by Gasteiger charge is 2.27. The minimum atomic E-state index is 0.169. The SMILES string of the molecule is CCC(C)(C)NC1=NCC(CC(C)(C)C)S1. The molecule has 1 unspecified atom stereocenters. The molecule has 0 amide bonds. The van der Waals surface area contributed by atoms with Crippen LogP contribution in [0.4, 0.5) is 0 Å². The van der Waals surface area contributed by atoms with Crippen molar-refractivity contribution >= 4 is 16.9 Å². The first-order valence-electron chi connectivity index (χ1n) is 6.21. The lowest BCUT2D eigenvalue weighted by Crippen LogP contribution is -2.41. The van der Waals surface area contributed by atoms with Gasteiger partial charge in [-0.2, -0.15) is 0 Å². The van der Waals surface area contributed by atoms with Crippen LogP contribution >= 0.6 is 11.8 Å². The smallest absolute Gasteiger partial charge is 0.157 e. The zero-order valence-corrected chi connectivity index (χ0v) is 12.4. The van der Waals surface area contributed by atoms with Crippen molar-refractivity contribution in [2.45, 2.75) is 65.2 Å². The molecule has 1 rings (SSSR count). The molecule has 0 aliphatic carbocycles. The van der Waals surface area contributed by atoms with Gasteiger partial charge in [0.05, 0.1) is 6.54 Å². The predicted molar refractivity (Wildman–Crippen MR) is 75.3 cm³/mol. The highest BCUT2D eigenvalue weighted by molar-refractivity contribution is 8.14. The molecule has 1 aliphatic heterocycles. The van der Waals surface area contributed by atoms with E-state index in [0.717, 1.165) is 18.1 Å². The van der Waals surface area contributed by atoms with Gasteiger partial charge in [0.1, 0.15) is 0 Å². The van der Waals surface area contributed by atoms with Crippen LogP contribution in [-0.4, -0.2) is 22.5 Å². The summed E-state index contributed by atoms with van der Waals surface area (Å²) < 4.78 is 0. The van der Waals surface area contributed by atoms with Crippen LogP contribution in [0.1, 0.15) is 54.4 Å². The molecular formula is C13H26N2S. The van der Waals surface area contributed by atoms with Gasteiger partial charge in [0.25, 0.3) is 0 Å². The van der Waals surface area contributed by atoms with Crippen molar-refractivity contribution < 1.29 is 0 Å². The maximum absolute atomic E-state index is 4.60. The number of nitrogens with one attached hydrogen (secondary N) is 1. The first-order valence-corrected chi connectivity index (χ1v) is 7.09. The normalized spacial score (nSPS) is 22.1. The van der Waals surface area contributed by atoms with E-state index in [9.17, 15) is 0 Å². The fourth-order valence-electron chi connectivity index (χ4n) is 1.65. The number of aliphatic imine (C=N–C) groups is 1. The fraction of sp³-hybridized carbons (Fsp3) is 0.923. The Bertz CT molecular complexity index is 264. The fourth-order valence-corrected chi connectivity index (χ4v) is 3.19. The number of nitrogens with zero attached hydrogens (tertiary/aromatic N) is 1. The molecule has 0 aromatic rings. The summed E-state index contributed by atoms with van der Waals surface area (Å²) in [5.41, 5.74) is 0.575. The Balaban J connectivity index is 2.40. The summed E-state index contributed by atoms with van der Waals surface area (Å²) in [5.74, 6) is 0. The second-order valence-electron chi connectivity index (χ2n) is 6.51. The van der Waals surface area contributed by atoms with Gasteiger partial charge in [0, 0.05) is 10.8 Å². The lowest BCUT2D eigenvalue weighted by atomic mass is 9.90. The maximum atomic E-state index is 4.60. The largest absolute Gasteiger partial charge is 0.360 e. The van der Waals surface area contributed by atoms with Crippen molar-refractivity contribution in [3.8, 4) is 0 Å². The van der Waals surface area contributed by atoms with E-state index in [1.807, 2.05) is 11.8 Å². The lowest BCUT2D eigenvalue weighted by Gasteiger charge is -2.26. The first-order chi connectivity index (χ1) is 7.22. The Morgan fingerprint density at radius 2 is 1.94 bits per heavy atom. The summed E-state index contributed by atoms with van der Waals surface area (Å²) in [5, 5.41) is 5.34. The Kier molecular flexibility index (Phi) is 4.33. The van der Waals surface area contributed by atoms with E-state index in [2.05, 4.69) is 51.9 Å². The van der Waals surface area contributed by atoms with Crippen molar-refractivity contribution in [1.29, 1.82) is 0 Å². The molecule has 0 radical (unpaired) electrons. The number of amidine groups is 1. The summed E-state index contributed by atoms with van der Waals surface area (Å²) in [7, 11) is 0. The quantitative estimate of drug-likeness (QED) is 0.816. The van der Waals surface area contributed by atoms with E-state index < -0.39 is 0 Å². The standard InChI is InChI=1S/C13H26N2S/c1-7-13(5,6)15-11-14-9-10(16-11)8-12(2,3)4/h10H,7-9H2,1-6H3,(H,14,15). The Labute approximate surface area is 105 Å². The highest BCUT2D eigenvalue weighted by atomic mass is 32.2. The van der Waals surface area contributed by atoms with Crippen LogP contribution in [0.25, 0.3) is 0 Å². The van der Waals surface area contributed by atoms with Gasteiger partial charge >= 0.3 is 0 Å². The van der Waals surface area contributed by atoms with Crippen molar-refractivity contribution in [2.75, 3.05) is 6.54 Å². The lowest BCUT2D eigenvalue weighted by molar-refractivity contribution is 0.375. The van der Waals surface area contributed by atoms with Gasteiger partial charge in [-0.3, -0.25) is 4.99 Å². The van der Waals surface area contributed by atoms with Gasteiger partial charge < -0.3 is 5.32 Å². The second kappa shape index (κ2) is 4.99. The number of hydrogen-bond donors (Lipinski definition) is 1. The van der Waals surface area contributed by atoms with E-state index >= 15 is 0 Å². The molecule has 16 heavy (non-hydrogen) atoms. The number of rotatable bonds is 3. The molecular weight excluding hydrogens is 216 g/mol. The minimum absolute atomic E-state index is 0.169. The second-order valence-corrected chi connectivity index (χ2v) is 7.80. The molecule has 0 aromatic heterocycles. The zero-order chi connectivity index (χ0) is 12.4. The molecule has 1 aliphatic rings. The summed E-state index contributed by atoms with van der Waals surface area (Å²) in [6, 6.07) is 0. The average Bonchev–Trinajstić information content (AvgIpc) is 2.48. The van der Waals surface area contributed by atoms with Crippen molar-refractivity contribution in [1.82, 2.24) is 5.32 Å². The third kappa shape index (κ3) is 4.77. The highest BCUT2D eigenvalue weighted by Crippen LogP contribution is 2.32. The van der Waals surface area contributed by atoms with E-state index in [4.69, 9.17) is 0 Å². The molecule has 1 atom stereocenters. The maximum Gasteiger partial charge on any atom is 0.157 e. The molecule has 1 N–H and O–H groups in total. The minimum Gasteiger partial charge on any atom is -0.360 e. The molecule has 0 bridgehead atoms. The molecule has 0 saturated carbocycles. The molecule has 0 spiro atoms. The van der Waals surface area contributed by atoms with Crippen LogP contribution in [0.2, 0.25) is 0 Å². The van der Waals surface area contributed by atoms with Gasteiger partial charge in [-0.05, 0) is 32.1 Å². The van der Waals surface area contributed by atoms with E-state index in [-0.39, 0.29) is 5.54 Å². The van der Waals surface area contributed by atoms with Crippen LogP contribution < -0.4 is 5.32 Å². The third-order valence-corrected chi connectivity index (χ3v) is 3.99. The van der Waals surface area contributed by atoms with Crippen LogP contribution in [0, 0.1) is 5.41 Å². The van der Waals surface area contributed by atoms with Crippen LogP contribution in [0.5, 0.6) is 0 Å². The first kappa shape index (κ1) is 13.9. The molecule has 0 fully saturated rings. The van der Waals surface area contributed by atoms with Gasteiger partial charge in [-0.1, -0.05) is 39.5 Å². The van der Waals surface area contributed by atoms with Gasteiger partial charge in [-0.25, -0.2) is 0 Å². The Morgan fingerprint density at radius 3 is 2.44 bits per heavy atom. The van der Waals surface area contributed by atoms with E-state index in [1.165, 1.54) is 6.42 Å². The average molecular weight is 242 g/mol. The van der Waals surface area contributed by atoms with Crippen molar-refractivity contribution in [3.63, 3.8) is 0 Å². The topological polar surface area (TPSA) is 24.4 Å². The van der Waals surface area contributed by atoms with Crippen molar-refractivity contribution in [2.24, 2.45) is 10.4 Å². The molecule has 1 heterocycles. The van der Waals surface area contributed by atoms with Gasteiger partial charge in [0.15, 0.2) is 5.17 Å². The Hall–Kier alpha value is -0.180. The van der Waals surface area contributed by atoms with Crippen molar-refractivity contribution in [3.05, 3.63) is 0 Å². The monoisotopic (exact) mass is 242 g/mol. The number of hydrogen-bond acceptors (Lipinski definition) is 3. The van der Waals surface area contributed by atoms with Gasteiger partial charge in [0.2, 0.25) is 0 Å². The Morgan fingerprint density at radius 1 is 1.31 bits per heavy atom. The molecule has 0 saturated heterocycles. The molecule has 0 aromatic carbocycles. The molecule has 2 nitrogen and oxygen atoms in total. The van der Waals surface area contributed by atoms with E-state index in [1.54, 1.807) is 0 Å². The summed E-state index contributed by atoms with van der Waals surface area (Å²) in [6.45, 7) is 14.5. The van der Waals surface area contributed by atoms with Gasteiger partial charge in [-0.15, -0.1) is 0 Å². The molecule has 3 heteroatoms. The van der Waals surface area contributed by atoms with Crippen LogP contribution in [0.15, 0.2) is 4.99 Å². The predicted octanol–water partition coefficient (Wildman–Crippen LogP) is 3.67.